The Morgan fingerprint density at radius 3 is 2.67 bits per heavy atom. The molecule has 0 radical (unpaired) electrons. The molecule has 27 heavy (non-hydrogen) atoms. The van der Waals surface area contributed by atoms with Crippen molar-refractivity contribution in [2.24, 2.45) is 7.05 Å². The highest BCUT2D eigenvalue weighted by molar-refractivity contribution is 6.30. The first-order chi connectivity index (χ1) is 12.8. The second-order valence-electron chi connectivity index (χ2n) is 6.47. The fourth-order valence-corrected chi connectivity index (χ4v) is 3.49. The maximum atomic E-state index is 12.9. The highest BCUT2D eigenvalue weighted by atomic mass is 35.5. The van der Waals surface area contributed by atoms with Gasteiger partial charge in [-0.2, -0.15) is 4.98 Å². The van der Waals surface area contributed by atoms with Crippen LogP contribution in [0.3, 0.4) is 0 Å². The smallest absolute Gasteiger partial charge is 0.298 e. The Morgan fingerprint density at radius 1 is 1.26 bits per heavy atom. The summed E-state index contributed by atoms with van der Waals surface area (Å²) in [5, 5.41) is 0.575. The number of benzene rings is 1. The summed E-state index contributed by atoms with van der Waals surface area (Å²) in [6.45, 7) is 2.95. The lowest BCUT2D eigenvalue weighted by molar-refractivity contribution is -0.117. The van der Waals surface area contributed by atoms with Crippen LogP contribution in [0.4, 0.5) is 0 Å². The van der Waals surface area contributed by atoms with E-state index < -0.39 is 11.2 Å². The standard InChI is InChI=1S/C18H16ClN5O3/c1-10-8-22-14-15(21(3)18(27)23(16(14)26)9-11(2)25)20-17(22)24(10)13-6-4-5-12(19)7-13/h4-8H,9H2,1-3H3. The van der Waals surface area contributed by atoms with Crippen molar-refractivity contribution in [3.05, 3.63) is 62.0 Å². The normalized spacial score (nSPS) is 11.6. The molecule has 0 amide bonds. The Labute approximate surface area is 157 Å². The van der Waals surface area contributed by atoms with E-state index in [0.717, 1.165) is 15.9 Å². The van der Waals surface area contributed by atoms with Crippen molar-refractivity contribution < 1.29 is 4.79 Å². The van der Waals surface area contributed by atoms with Crippen LogP contribution in [0.1, 0.15) is 12.6 Å². The van der Waals surface area contributed by atoms with Gasteiger partial charge < -0.3 is 0 Å². The lowest BCUT2D eigenvalue weighted by Crippen LogP contribution is -2.40. The van der Waals surface area contributed by atoms with E-state index in [0.29, 0.717) is 10.8 Å². The van der Waals surface area contributed by atoms with Crippen LogP contribution in [-0.2, 0) is 18.4 Å². The molecule has 138 valence electrons. The van der Waals surface area contributed by atoms with Gasteiger partial charge in [0, 0.05) is 24.0 Å². The van der Waals surface area contributed by atoms with Crippen molar-refractivity contribution in [1.29, 1.82) is 0 Å². The van der Waals surface area contributed by atoms with Crippen molar-refractivity contribution >= 4 is 34.3 Å². The van der Waals surface area contributed by atoms with Gasteiger partial charge in [-0.3, -0.25) is 27.7 Å². The number of hydrogen-bond donors (Lipinski definition) is 0. The van der Waals surface area contributed by atoms with Crippen LogP contribution in [0.5, 0.6) is 0 Å². The van der Waals surface area contributed by atoms with E-state index in [1.165, 1.54) is 18.5 Å². The second kappa shape index (κ2) is 5.95. The largest absolute Gasteiger partial charge is 0.332 e. The molecule has 0 atom stereocenters. The van der Waals surface area contributed by atoms with Gasteiger partial charge in [-0.1, -0.05) is 17.7 Å². The molecular weight excluding hydrogens is 370 g/mol. The molecule has 1 aromatic carbocycles. The van der Waals surface area contributed by atoms with Crippen molar-refractivity contribution in [3.63, 3.8) is 0 Å². The van der Waals surface area contributed by atoms with E-state index in [9.17, 15) is 14.4 Å². The summed E-state index contributed by atoms with van der Waals surface area (Å²) >= 11 is 6.11. The molecule has 4 aromatic rings. The van der Waals surface area contributed by atoms with E-state index in [-0.39, 0.29) is 23.5 Å². The zero-order chi connectivity index (χ0) is 19.5. The molecule has 0 unspecified atom stereocenters. The average molecular weight is 386 g/mol. The van der Waals surface area contributed by atoms with Gasteiger partial charge in [-0.25, -0.2) is 4.79 Å². The van der Waals surface area contributed by atoms with Crippen LogP contribution in [0.2, 0.25) is 5.02 Å². The minimum Gasteiger partial charge on any atom is -0.298 e. The third kappa shape index (κ3) is 2.52. The molecule has 0 fully saturated rings. The third-order valence-corrected chi connectivity index (χ3v) is 4.71. The third-order valence-electron chi connectivity index (χ3n) is 4.47. The van der Waals surface area contributed by atoms with E-state index in [1.54, 1.807) is 22.7 Å². The molecule has 0 saturated carbocycles. The van der Waals surface area contributed by atoms with Crippen LogP contribution in [0.15, 0.2) is 40.1 Å². The molecular formula is C18H16ClN5O3. The predicted molar refractivity (Wildman–Crippen MR) is 102 cm³/mol. The van der Waals surface area contributed by atoms with Gasteiger partial charge in [0.1, 0.15) is 5.78 Å². The number of carbonyl (C=O) groups is 1. The minimum absolute atomic E-state index is 0.247. The van der Waals surface area contributed by atoms with Gasteiger partial charge in [-0.05, 0) is 32.0 Å². The number of hydrogen-bond acceptors (Lipinski definition) is 4. The summed E-state index contributed by atoms with van der Waals surface area (Å²) in [6, 6.07) is 7.27. The Hall–Kier alpha value is -3.13. The number of rotatable bonds is 3. The number of ketones is 1. The number of nitrogens with zero attached hydrogens (tertiary/aromatic N) is 5. The highest BCUT2D eigenvalue weighted by Gasteiger charge is 2.21. The van der Waals surface area contributed by atoms with Crippen molar-refractivity contribution in [3.8, 4) is 5.69 Å². The lowest BCUT2D eigenvalue weighted by Gasteiger charge is -2.06. The van der Waals surface area contributed by atoms with E-state index in [4.69, 9.17) is 11.6 Å². The Balaban J connectivity index is 2.14. The van der Waals surface area contributed by atoms with Gasteiger partial charge in [0.25, 0.3) is 5.56 Å². The van der Waals surface area contributed by atoms with Crippen molar-refractivity contribution in [2.75, 3.05) is 0 Å². The first kappa shape index (κ1) is 17.3. The van der Waals surface area contributed by atoms with Gasteiger partial charge in [0.05, 0.1) is 12.2 Å². The number of imidazole rings is 2. The quantitative estimate of drug-likeness (QED) is 0.537. The van der Waals surface area contributed by atoms with E-state index >= 15 is 0 Å². The number of aromatic nitrogens is 5. The monoisotopic (exact) mass is 385 g/mol. The Bertz CT molecular complexity index is 1360. The molecule has 0 aliphatic rings. The number of carbonyl (C=O) groups excluding carboxylic acids is 1. The van der Waals surface area contributed by atoms with Gasteiger partial charge in [-0.15, -0.1) is 0 Å². The molecule has 0 aliphatic carbocycles. The lowest BCUT2D eigenvalue weighted by atomic mass is 10.3. The SMILES string of the molecule is CC(=O)Cn1c(=O)c2c(nc3n(-c4cccc(Cl)c4)c(C)cn23)n(C)c1=O. The molecule has 9 heteroatoms. The van der Waals surface area contributed by atoms with Crippen LogP contribution >= 0.6 is 11.6 Å². The zero-order valence-electron chi connectivity index (χ0n) is 14.9. The van der Waals surface area contributed by atoms with Crippen molar-refractivity contribution in [2.45, 2.75) is 20.4 Å². The number of halogens is 1. The van der Waals surface area contributed by atoms with Crippen LogP contribution in [-0.4, -0.2) is 28.9 Å². The van der Waals surface area contributed by atoms with Crippen LogP contribution in [0, 0.1) is 6.92 Å². The van der Waals surface area contributed by atoms with E-state index in [1.807, 2.05) is 23.6 Å². The van der Waals surface area contributed by atoms with E-state index in [2.05, 4.69) is 4.98 Å². The molecule has 0 aliphatic heterocycles. The molecule has 0 N–H and O–H groups in total. The van der Waals surface area contributed by atoms with Crippen molar-refractivity contribution in [1.82, 2.24) is 23.1 Å². The summed E-state index contributed by atoms with van der Waals surface area (Å²) in [5.41, 5.74) is 1.02. The number of Topliss-reactive ketones (excluding diaryl/α,β-unsaturated/α-hetero) is 1. The Morgan fingerprint density at radius 2 is 2.00 bits per heavy atom. The maximum absolute atomic E-state index is 12.9. The fraction of sp³-hybridized carbons (Fsp3) is 0.222. The fourth-order valence-electron chi connectivity index (χ4n) is 3.31. The second-order valence-corrected chi connectivity index (χ2v) is 6.91. The number of fused-ring (bicyclic) bond motifs is 3. The zero-order valence-corrected chi connectivity index (χ0v) is 15.7. The number of aryl methyl sites for hydroxylation is 2. The highest BCUT2D eigenvalue weighted by Crippen LogP contribution is 2.22. The van der Waals surface area contributed by atoms with Gasteiger partial charge >= 0.3 is 5.69 Å². The predicted octanol–water partition coefficient (Wildman–Crippen LogP) is 1.69. The first-order valence-electron chi connectivity index (χ1n) is 8.25. The summed E-state index contributed by atoms with van der Waals surface area (Å²) in [5.74, 6) is 0.208. The van der Waals surface area contributed by atoms with Crippen LogP contribution in [0.25, 0.3) is 22.6 Å². The molecule has 3 heterocycles. The summed E-state index contributed by atoms with van der Waals surface area (Å²) in [7, 11) is 1.53. The molecule has 3 aromatic heterocycles. The first-order valence-corrected chi connectivity index (χ1v) is 8.62. The van der Waals surface area contributed by atoms with Gasteiger partial charge in [0.2, 0.25) is 5.78 Å². The molecule has 4 rings (SSSR count). The Kier molecular flexibility index (Phi) is 3.81. The minimum atomic E-state index is -0.575. The topological polar surface area (TPSA) is 83.3 Å². The molecule has 8 nitrogen and oxygen atoms in total. The summed E-state index contributed by atoms with van der Waals surface area (Å²) in [4.78, 5) is 41.5. The average Bonchev–Trinajstić information content (AvgIpc) is 3.11. The maximum Gasteiger partial charge on any atom is 0.332 e. The molecule has 0 saturated heterocycles. The van der Waals surface area contributed by atoms with Crippen LogP contribution < -0.4 is 11.2 Å². The summed E-state index contributed by atoms with van der Waals surface area (Å²) in [6.07, 6.45) is 1.77. The molecule has 0 spiro atoms. The molecule has 0 bridgehead atoms. The summed E-state index contributed by atoms with van der Waals surface area (Å²) < 4.78 is 5.71. The van der Waals surface area contributed by atoms with Gasteiger partial charge in [0.15, 0.2) is 11.2 Å².